The number of hydrogen-bond donors (Lipinski definition) is 2. The molecule has 0 radical (unpaired) electrons. The zero-order valence-corrected chi connectivity index (χ0v) is 12.2. The molecule has 21 heavy (non-hydrogen) atoms. The van der Waals surface area contributed by atoms with Crippen LogP contribution >= 0.6 is 0 Å². The van der Waals surface area contributed by atoms with Crippen LogP contribution in [-0.2, 0) is 4.74 Å². The highest BCUT2D eigenvalue weighted by Gasteiger charge is 2.33. The van der Waals surface area contributed by atoms with Gasteiger partial charge in [-0.3, -0.25) is 4.90 Å². The van der Waals surface area contributed by atoms with E-state index in [4.69, 9.17) is 4.74 Å². The van der Waals surface area contributed by atoms with Crippen molar-refractivity contribution in [2.75, 3.05) is 39.4 Å². The smallest absolute Gasteiger partial charge is 0.165 e. The Morgan fingerprint density at radius 3 is 2.67 bits per heavy atom. The van der Waals surface area contributed by atoms with Crippen molar-refractivity contribution in [2.45, 2.75) is 18.9 Å². The highest BCUT2D eigenvalue weighted by molar-refractivity contribution is 5.36. The van der Waals surface area contributed by atoms with Crippen LogP contribution in [0.2, 0.25) is 0 Å². The molecule has 2 aliphatic rings. The summed E-state index contributed by atoms with van der Waals surface area (Å²) in [7, 11) is 0. The number of benzene rings is 1. The van der Waals surface area contributed by atoms with Crippen molar-refractivity contribution in [3.8, 4) is 5.75 Å². The maximum Gasteiger partial charge on any atom is 0.165 e. The lowest BCUT2D eigenvalue weighted by atomic mass is 9.85. The molecule has 0 bridgehead atoms. The monoisotopic (exact) mass is 294 g/mol. The molecule has 5 heteroatoms. The molecule has 116 valence electrons. The standard InChI is InChI=1S/C16H23FN2O2/c17-14-3-1-2-13(16(14)20)15(12-4-10-21-11-5-12)19-8-6-18-7-9-19/h1-3,12,15,18,20H,4-11H2/t15-/m1/s1. The summed E-state index contributed by atoms with van der Waals surface area (Å²) >= 11 is 0. The van der Waals surface area contributed by atoms with E-state index in [0.29, 0.717) is 5.92 Å². The first-order valence-corrected chi connectivity index (χ1v) is 7.77. The summed E-state index contributed by atoms with van der Waals surface area (Å²) in [5.74, 6) is -0.309. The predicted octanol–water partition coefficient (Wildman–Crippen LogP) is 1.90. The third-order valence-electron chi connectivity index (χ3n) is 4.59. The van der Waals surface area contributed by atoms with Gasteiger partial charge in [-0.15, -0.1) is 0 Å². The Bertz CT molecular complexity index is 453. The summed E-state index contributed by atoms with van der Waals surface area (Å²) < 4.78 is 19.2. The van der Waals surface area contributed by atoms with Gasteiger partial charge in [0.2, 0.25) is 0 Å². The van der Waals surface area contributed by atoms with Gasteiger partial charge in [-0.1, -0.05) is 12.1 Å². The molecule has 2 heterocycles. The molecule has 0 amide bonds. The minimum Gasteiger partial charge on any atom is -0.505 e. The van der Waals surface area contributed by atoms with Crippen molar-refractivity contribution in [2.24, 2.45) is 5.92 Å². The number of phenolic OH excluding ortho intramolecular Hbond substituents is 1. The number of hydrogen-bond acceptors (Lipinski definition) is 4. The number of phenols is 1. The second-order valence-electron chi connectivity index (χ2n) is 5.86. The van der Waals surface area contributed by atoms with Crippen molar-refractivity contribution in [3.63, 3.8) is 0 Å². The topological polar surface area (TPSA) is 44.7 Å². The Balaban J connectivity index is 1.91. The van der Waals surface area contributed by atoms with Crippen LogP contribution in [0.1, 0.15) is 24.4 Å². The first-order chi connectivity index (χ1) is 10.3. The fraction of sp³-hybridized carbons (Fsp3) is 0.625. The van der Waals surface area contributed by atoms with E-state index >= 15 is 0 Å². The first-order valence-electron chi connectivity index (χ1n) is 7.77. The molecule has 0 unspecified atom stereocenters. The van der Waals surface area contributed by atoms with E-state index in [9.17, 15) is 9.50 Å². The van der Waals surface area contributed by atoms with Crippen molar-refractivity contribution in [1.82, 2.24) is 10.2 Å². The summed E-state index contributed by atoms with van der Waals surface area (Å²) in [5, 5.41) is 13.5. The van der Waals surface area contributed by atoms with Crippen molar-refractivity contribution >= 4 is 0 Å². The van der Waals surface area contributed by atoms with Crippen molar-refractivity contribution in [3.05, 3.63) is 29.6 Å². The van der Waals surface area contributed by atoms with E-state index in [1.807, 2.05) is 6.07 Å². The molecule has 2 saturated heterocycles. The van der Waals surface area contributed by atoms with Crippen molar-refractivity contribution < 1.29 is 14.2 Å². The minimum absolute atomic E-state index is 0.0756. The SMILES string of the molecule is Oc1c(F)cccc1[C@@H](C1CCOCC1)N1CCNCC1. The summed E-state index contributed by atoms with van der Waals surface area (Å²) in [6, 6.07) is 4.95. The number of nitrogens with zero attached hydrogens (tertiary/aromatic N) is 1. The van der Waals surface area contributed by atoms with E-state index in [-0.39, 0.29) is 11.8 Å². The van der Waals surface area contributed by atoms with Gasteiger partial charge in [-0.25, -0.2) is 4.39 Å². The molecule has 0 spiro atoms. The number of piperazine rings is 1. The van der Waals surface area contributed by atoms with Gasteiger partial charge in [0.25, 0.3) is 0 Å². The van der Waals surface area contributed by atoms with Gasteiger partial charge in [0, 0.05) is 51.0 Å². The van der Waals surface area contributed by atoms with Crippen LogP contribution < -0.4 is 5.32 Å². The van der Waals surface area contributed by atoms with Gasteiger partial charge in [0.05, 0.1) is 0 Å². The molecular weight excluding hydrogens is 271 g/mol. The Labute approximate surface area is 124 Å². The van der Waals surface area contributed by atoms with Gasteiger partial charge in [0.15, 0.2) is 11.6 Å². The summed E-state index contributed by atoms with van der Waals surface area (Å²) in [5.41, 5.74) is 0.726. The van der Waals surface area contributed by atoms with Crippen LogP contribution in [0, 0.1) is 11.7 Å². The zero-order valence-electron chi connectivity index (χ0n) is 12.2. The quantitative estimate of drug-likeness (QED) is 0.894. The maximum absolute atomic E-state index is 13.8. The Morgan fingerprint density at radius 1 is 1.24 bits per heavy atom. The highest BCUT2D eigenvalue weighted by atomic mass is 19.1. The first kappa shape index (κ1) is 14.8. The van der Waals surface area contributed by atoms with Crippen LogP contribution in [0.5, 0.6) is 5.75 Å². The summed E-state index contributed by atoms with van der Waals surface area (Å²) in [4.78, 5) is 2.38. The molecule has 0 aromatic heterocycles. The lowest BCUT2D eigenvalue weighted by Gasteiger charge is -2.41. The minimum atomic E-state index is -0.528. The average Bonchev–Trinajstić information content (AvgIpc) is 2.54. The molecule has 0 saturated carbocycles. The molecule has 2 aliphatic heterocycles. The number of halogens is 1. The average molecular weight is 294 g/mol. The molecule has 1 atom stereocenters. The normalized spacial score (nSPS) is 23.1. The molecule has 2 fully saturated rings. The second kappa shape index (κ2) is 6.73. The molecule has 3 rings (SSSR count). The van der Waals surface area contributed by atoms with Crippen LogP contribution in [0.25, 0.3) is 0 Å². The van der Waals surface area contributed by atoms with E-state index in [2.05, 4.69) is 10.2 Å². The molecular formula is C16H23FN2O2. The zero-order chi connectivity index (χ0) is 14.7. The lowest BCUT2D eigenvalue weighted by molar-refractivity contribution is 0.0205. The number of nitrogens with one attached hydrogen (secondary N) is 1. The van der Waals surface area contributed by atoms with E-state index in [0.717, 1.165) is 57.8 Å². The van der Waals surface area contributed by atoms with Crippen molar-refractivity contribution in [1.29, 1.82) is 0 Å². The number of ether oxygens (including phenoxy) is 1. The largest absolute Gasteiger partial charge is 0.505 e. The fourth-order valence-electron chi connectivity index (χ4n) is 3.51. The van der Waals surface area contributed by atoms with E-state index < -0.39 is 5.82 Å². The van der Waals surface area contributed by atoms with E-state index in [1.54, 1.807) is 6.07 Å². The van der Waals surface area contributed by atoms with Gasteiger partial charge in [-0.2, -0.15) is 0 Å². The summed E-state index contributed by atoms with van der Waals surface area (Å²) in [6.07, 6.45) is 1.93. The lowest BCUT2D eigenvalue weighted by Crippen LogP contribution is -2.47. The Morgan fingerprint density at radius 2 is 1.95 bits per heavy atom. The highest BCUT2D eigenvalue weighted by Crippen LogP contribution is 2.39. The van der Waals surface area contributed by atoms with Crippen LogP contribution in [-0.4, -0.2) is 49.4 Å². The van der Waals surface area contributed by atoms with Crippen LogP contribution in [0.4, 0.5) is 4.39 Å². The van der Waals surface area contributed by atoms with Gasteiger partial charge >= 0.3 is 0 Å². The molecule has 0 aliphatic carbocycles. The molecule has 4 nitrogen and oxygen atoms in total. The number of rotatable bonds is 3. The summed E-state index contributed by atoms with van der Waals surface area (Å²) in [6.45, 7) is 5.24. The van der Waals surface area contributed by atoms with Gasteiger partial charge in [-0.05, 0) is 24.8 Å². The third-order valence-corrected chi connectivity index (χ3v) is 4.59. The molecule has 2 N–H and O–H groups in total. The maximum atomic E-state index is 13.8. The van der Waals surface area contributed by atoms with Gasteiger partial charge < -0.3 is 15.2 Å². The molecule has 1 aromatic carbocycles. The Hall–Kier alpha value is -1.17. The van der Waals surface area contributed by atoms with Crippen LogP contribution in [0.15, 0.2) is 18.2 Å². The second-order valence-corrected chi connectivity index (χ2v) is 5.86. The number of para-hydroxylation sites is 1. The van der Waals surface area contributed by atoms with E-state index in [1.165, 1.54) is 6.07 Å². The third kappa shape index (κ3) is 3.20. The molecule has 1 aromatic rings. The van der Waals surface area contributed by atoms with Gasteiger partial charge in [0.1, 0.15) is 0 Å². The number of aromatic hydroxyl groups is 1. The van der Waals surface area contributed by atoms with Crippen LogP contribution in [0.3, 0.4) is 0 Å². The Kier molecular flexibility index (Phi) is 4.73. The fourth-order valence-corrected chi connectivity index (χ4v) is 3.51. The predicted molar refractivity (Wildman–Crippen MR) is 78.8 cm³/mol.